The summed E-state index contributed by atoms with van der Waals surface area (Å²) in [7, 11) is 1.26. The average Bonchev–Trinajstić information content (AvgIpc) is 3.11. The van der Waals surface area contributed by atoms with Gasteiger partial charge in [0.15, 0.2) is 10.9 Å². The third-order valence-electron chi connectivity index (χ3n) is 4.22. The molecule has 8 nitrogen and oxygen atoms in total. The molecule has 0 atom stereocenters. The van der Waals surface area contributed by atoms with Gasteiger partial charge in [-0.15, -0.1) is 0 Å². The molecule has 146 valence electrons. The fraction of sp³-hybridized carbons (Fsp3) is 0.316. The Morgan fingerprint density at radius 1 is 1.29 bits per heavy atom. The first-order chi connectivity index (χ1) is 13.5. The normalized spacial score (nSPS) is 13.6. The van der Waals surface area contributed by atoms with Crippen LogP contribution in [0.15, 0.2) is 40.3 Å². The Labute approximate surface area is 165 Å². The lowest BCUT2D eigenvalue weighted by Crippen LogP contribution is -2.23. The lowest BCUT2D eigenvalue weighted by Gasteiger charge is -2.16. The second-order valence-electron chi connectivity index (χ2n) is 6.21. The first-order valence-corrected chi connectivity index (χ1v) is 9.68. The summed E-state index contributed by atoms with van der Waals surface area (Å²) >= 11 is 1.08. The molecule has 1 saturated heterocycles. The number of carbonyl (C=O) groups is 3. The molecular weight excluding hydrogens is 382 g/mol. The van der Waals surface area contributed by atoms with Gasteiger partial charge in [0, 0.05) is 30.3 Å². The van der Waals surface area contributed by atoms with E-state index in [1.165, 1.54) is 13.2 Å². The van der Waals surface area contributed by atoms with Crippen LogP contribution in [0.25, 0.3) is 0 Å². The quantitative estimate of drug-likeness (QED) is 0.325. The van der Waals surface area contributed by atoms with E-state index in [4.69, 9.17) is 0 Å². The van der Waals surface area contributed by atoms with Crippen molar-refractivity contribution < 1.29 is 19.1 Å². The van der Waals surface area contributed by atoms with Crippen LogP contribution in [-0.4, -0.2) is 47.0 Å². The number of H-pyrrole nitrogens is 1. The van der Waals surface area contributed by atoms with Crippen LogP contribution in [0.1, 0.15) is 28.9 Å². The minimum Gasteiger partial charge on any atom is -0.469 e. The van der Waals surface area contributed by atoms with Crippen LogP contribution in [0, 0.1) is 0 Å². The van der Waals surface area contributed by atoms with Crippen molar-refractivity contribution >= 4 is 35.1 Å². The molecule has 0 radical (unpaired) electrons. The van der Waals surface area contributed by atoms with Gasteiger partial charge in [0.1, 0.15) is 0 Å². The number of ketones is 1. The molecule has 0 aliphatic carbocycles. The maximum absolute atomic E-state index is 12.5. The zero-order valence-electron chi connectivity index (χ0n) is 15.3. The Balaban J connectivity index is 1.68. The first kappa shape index (κ1) is 19.8. The minimum absolute atomic E-state index is 0.0576. The summed E-state index contributed by atoms with van der Waals surface area (Å²) in [5, 5.41) is 0.255. The molecule has 0 saturated carbocycles. The highest BCUT2D eigenvalue weighted by Gasteiger charge is 2.22. The molecule has 0 spiro atoms. The van der Waals surface area contributed by atoms with Crippen molar-refractivity contribution in [1.29, 1.82) is 0 Å². The Bertz CT molecular complexity index is 972. The van der Waals surface area contributed by atoms with E-state index in [1.54, 1.807) is 23.1 Å². The summed E-state index contributed by atoms with van der Waals surface area (Å²) in [5.74, 6) is -0.539. The number of rotatable bonds is 7. The molecule has 1 amide bonds. The Morgan fingerprint density at radius 2 is 2.11 bits per heavy atom. The molecule has 0 unspecified atom stereocenters. The zero-order valence-corrected chi connectivity index (χ0v) is 16.1. The predicted octanol–water partition coefficient (Wildman–Crippen LogP) is 1.59. The molecule has 1 aromatic carbocycles. The zero-order chi connectivity index (χ0) is 20.1. The standard InChI is InChI=1S/C19H19N3O5S/c1-27-18(26)10-13-9-16(24)21-19(20-13)28-11-15(23)12-4-2-5-14(8-12)22-7-3-6-17(22)25/h2,4-5,8-9H,3,6-7,10-11H2,1H3,(H,20,21,24). The smallest absolute Gasteiger partial charge is 0.311 e. The van der Waals surface area contributed by atoms with E-state index in [0.29, 0.717) is 24.2 Å². The van der Waals surface area contributed by atoms with Gasteiger partial charge in [-0.2, -0.15) is 0 Å². The lowest BCUT2D eigenvalue weighted by molar-refractivity contribution is -0.139. The van der Waals surface area contributed by atoms with Gasteiger partial charge in [0.2, 0.25) is 5.91 Å². The number of aromatic nitrogens is 2. The topological polar surface area (TPSA) is 109 Å². The number of esters is 1. The van der Waals surface area contributed by atoms with Gasteiger partial charge < -0.3 is 14.6 Å². The lowest BCUT2D eigenvalue weighted by atomic mass is 10.1. The highest BCUT2D eigenvalue weighted by molar-refractivity contribution is 7.99. The van der Waals surface area contributed by atoms with Gasteiger partial charge in [-0.05, 0) is 18.6 Å². The Morgan fingerprint density at radius 3 is 2.82 bits per heavy atom. The van der Waals surface area contributed by atoms with Crippen molar-refractivity contribution in [1.82, 2.24) is 9.97 Å². The fourth-order valence-corrected chi connectivity index (χ4v) is 3.64. The number of amides is 1. The third-order valence-corrected chi connectivity index (χ3v) is 5.09. The first-order valence-electron chi connectivity index (χ1n) is 8.70. The van der Waals surface area contributed by atoms with Crippen molar-refractivity contribution in [3.63, 3.8) is 0 Å². The van der Waals surface area contributed by atoms with Gasteiger partial charge in [0.05, 0.1) is 25.0 Å². The molecule has 1 N–H and O–H groups in total. The Kier molecular flexibility index (Phi) is 6.25. The van der Waals surface area contributed by atoms with Gasteiger partial charge >= 0.3 is 5.97 Å². The monoisotopic (exact) mass is 401 g/mol. The number of methoxy groups -OCH3 is 1. The van der Waals surface area contributed by atoms with Crippen molar-refractivity contribution in [2.75, 3.05) is 24.3 Å². The number of carbonyl (C=O) groups excluding carboxylic acids is 3. The number of Topliss-reactive ketones (excluding diaryl/α,β-unsaturated/α-hetero) is 1. The molecule has 2 aromatic rings. The van der Waals surface area contributed by atoms with Gasteiger partial charge in [0.25, 0.3) is 5.56 Å². The number of benzene rings is 1. The number of anilines is 1. The molecular formula is C19H19N3O5S. The summed E-state index contributed by atoms with van der Waals surface area (Å²) < 4.78 is 4.57. The SMILES string of the molecule is COC(=O)Cc1cc(=O)[nH]c(SCC(=O)c2cccc(N3CCCC3=O)c2)n1. The summed E-state index contributed by atoms with van der Waals surface area (Å²) in [6.45, 7) is 0.656. The number of aromatic amines is 1. The van der Waals surface area contributed by atoms with Crippen LogP contribution in [-0.2, 0) is 20.7 Å². The van der Waals surface area contributed by atoms with Crippen molar-refractivity contribution in [2.45, 2.75) is 24.4 Å². The Hall–Kier alpha value is -2.94. The van der Waals surface area contributed by atoms with Crippen LogP contribution in [0.2, 0.25) is 0 Å². The molecule has 2 heterocycles. The second-order valence-corrected chi connectivity index (χ2v) is 7.17. The molecule has 3 rings (SSSR count). The molecule has 0 bridgehead atoms. The number of ether oxygens (including phenoxy) is 1. The van der Waals surface area contributed by atoms with E-state index >= 15 is 0 Å². The van der Waals surface area contributed by atoms with Crippen molar-refractivity contribution in [3.05, 3.63) is 51.9 Å². The van der Waals surface area contributed by atoms with E-state index in [9.17, 15) is 19.2 Å². The highest BCUT2D eigenvalue weighted by atomic mass is 32.2. The molecule has 1 aliphatic rings. The van der Waals surface area contributed by atoms with E-state index in [2.05, 4.69) is 14.7 Å². The summed E-state index contributed by atoms with van der Waals surface area (Å²) in [6.07, 6.45) is 1.22. The van der Waals surface area contributed by atoms with Crippen LogP contribution in [0.3, 0.4) is 0 Å². The molecule has 1 aromatic heterocycles. The van der Waals surface area contributed by atoms with Crippen LogP contribution >= 0.6 is 11.8 Å². The maximum Gasteiger partial charge on any atom is 0.311 e. The minimum atomic E-state index is -0.501. The van der Waals surface area contributed by atoms with Crippen LogP contribution < -0.4 is 10.5 Å². The maximum atomic E-state index is 12.5. The summed E-state index contributed by atoms with van der Waals surface area (Å²) in [5.41, 5.74) is 1.07. The number of nitrogens with zero attached hydrogens (tertiary/aromatic N) is 2. The van der Waals surface area contributed by atoms with E-state index in [0.717, 1.165) is 18.2 Å². The molecule has 1 fully saturated rings. The largest absolute Gasteiger partial charge is 0.469 e. The fourth-order valence-electron chi connectivity index (χ4n) is 2.85. The van der Waals surface area contributed by atoms with E-state index in [1.807, 2.05) is 6.07 Å². The predicted molar refractivity (Wildman–Crippen MR) is 104 cm³/mol. The molecule has 9 heteroatoms. The number of thioether (sulfide) groups is 1. The van der Waals surface area contributed by atoms with Crippen molar-refractivity contribution in [3.8, 4) is 0 Å². The van der Waals surface area contributed by atoms with E-state index < -0.39 is 11.5 Å². The van der Waals surface area contributed by atoms with Gasteiger partial charge in [-0.25, -0.2) is 4.98 Å². The molecule has 28 heavy (non-hydrogen) atoms. The van der Waals surface area contributed by atoms with Gasteiger partial charge in [-0.1, -0.05) is 23.9 Å². The van der Waals surface area contributed by atoms with E-state index in [-0.39, 0.29) is 34.7 Å². The second kappa shape index (κ2) is 8.83. The van der Waals surface area contributed by atoms with Crippen LogP contribution in [0.4, 0.5) is 5.69 Å². The average molecular weight is 401 g/mol. The van der Waals surface area contributed by atoms with Gasteiger partial charge in [-0.3, -0.25) is 19.2 Å². The van der Waals surface area contributed by atoms with Crippen molar-refractivity contribution in [2.24, 2.45) is 0 Å². The summed E-state index contributed by atoms with van der Waals surface area (Å²) in [4.78, 5) is 55.9. The third kappa shape index (κ3) is 4.86. The molecule has 1 aliphatic heterocycles. The van der Waals surface area contributed by atoms with Crippen LogP contribution in [0.5, 0.6) is 0 Å². The highest BCUT2D eigenvalue weighted by Crippen LogP contribution is 2.23. The summed E-state index contributed by atoms with van der Waals surface area (Å²) in [6, 6.07) is 8.17. The number of hydrogen-bond donors (Lipinski definition) is 1. The number of hydrogen-bond acceptors (Lipinski definition) is 7. The number of nitrogens with one attached hydrogen (secondary N) is 1.